The van der Waals surface area contributed by atoms with Crippen LogP contribution in [0.2, 0.25) is 0 Å². The Kier molecular flexibility index (Phi) is 6.93. The fourth-order valence-corrected chi connectivity index (χ4v) is 3.48. The average molecular weight is 429 g/mol. The second-order valence-corrected chi connectivity index (χ2v) is 9.35. The average Bonchev–Trinajstić information content (AvgIpc) is 3.36. The number of carbonyl (C=O) groups is 2. The van der Waals surface area contributed by atoms with Gasteiger partial charge in [-0.15, -0.1) is 0 Å². The van der Waals surface area contributed by atoms with Crippen LogP contribution in [0, 0.1) is 11.3 Å². The zero-order chi connectivity index (χ0) is 22.6. The molecule has 2 heterocycles. The molecule has 0 N–H and O–H groups in total. The molecule has 0 fully saturated rings. The molecule has 0 saturated carbocycles. The zero-order valence-electron chi connectivity index (χ0n) is 19.0. The molecule has 1 aliphatic heterocycles. The number of rotatable bonds is 8. The summed E-state index contributed by atoms with van der Waals surface area (Å²) in [6.07, 6.45) is 1.59. The van der Waals surface area contributed by atoms with Crippen LogP contribution in [0.4, 0.5) is 0 Å². The predicted molar refractivity (Wildman–Crippen MR) is 116 cm³/mol. The van der Waals surface area contributed by atoms with Crippen molar-refractivity contribution in [2.75, 3.05) is 19.9 Å². The normalized spacial score (nSPS) is 12.8. The number of nitrogens with zero attached hydrogens (tertiary/aromatic N) is 2. The van der Waals surface area contributed by atoms with Crippen LogP contribution in [0.5, 0.6) is 11.5 Å². The first-order chi connectivity index (χ1) is 14.6. The highest BCUT2D eigenvalue weighted by atomic mass is 16.7. The summed E-state index contributed by atoms with van der Waals surface area (Å²) in [5.41, 5.74) is 0.361. The summed E-state index contributed by atoms with van der Waals surface area (Å²) in [5, 5.41) is 0. The van der Waals surface area contributed by atoms with Crippen LogP contribution in [-0.4, -0.2) is 41.5 Å². The van der Waals surface area contributed by atoms with Crippen molar-refractivity contribution in [2.45, 2.75) is 47.7 Å². The fraction of sp³-hybridized carbons (Fsp3) is 0.500. The minimum absolute atomic E-state index is 0.0273. The topological polar surface area (TPSA) is 72.2 Å². The standard InChI is InChI=1S/C24H32N2O5/c1-17(2)12-26(23(28)24(3,4)5)15-22(27)25(14-19-7-6-10-29-19)13-18-8-9-20-21(11-18)31-16-30-20/h6-11,17H,12-16H2,1-5H3. The van der Waals surface area contributed by atoms with Gasteiger partial charge in [-0.25, -0.2) is 0 Å². The van der Waals surface area contributed by atoms with Crippen molar-refractivity contribution in [3.8, 4) is 11.5 Å². The van der Waals surface area contributed by atoms with Gasteiger partial charge in [0.25, 0.3) is 0 Å². The van der Waals surface area contributed by atoms with Crippen molar-refractivity contribution >= 4 is 11.8 Å². The molecule has 0 saturated heterocycles. The van der Waals surface area contributed by atoms with Gasteiger partial charge in [-0.2, -0.15) is 0 Å². The maximum Gasteiger partial charge on any atom is 0.242 e. The minimum atomic E-state index is -0.557. The summed E-state index contributed by atoms with van der Waals surface area (Å²) in [5.74, 6) is 2.15. The molecule has 168 valence electrons. The molecule has 2 amide bonds. The van der Waals surface area contributed by atoms with Crippen molar-refractivity contribution in [2.24, 2.45) is 11.3 Å². The first-order valence-electron chi connectivity index (χ1n) is 10.6. The largest absolute Gasteiger partial charge is 0.467 e. The number of furan rings is 1. The van der Waals surface area contributed by atoms with Gasteiger partial charge in [0.05, 0.1) is 19.4 Å². The lowest BCUT2D eigenvalue weighted by atomic mass is 9.94. The molecule has 2 aromatic rings. The molecular weight excluding hydrogens is 396 g/mol. The van der Waals surface area contributed by atoms with Gasteiger partial charge in [0.15, 0.2) is 11.5 Å². The van der Waals surface area contributed by atoms with E-state index in [0.29, 0.717) is 36.9 Å². The Hall–Kier alpha value is -2.96. The summed E-state index contributed by atoms with van der Waals surface area (Å²) in [6.45, 7) is 11.2. The number of fused-ring (bicyclic) bond motifs is 1. The third-order valence-electron chi connectivity index (χ3n) is 4.93. The first-order valence-corrected chi connectivity index (χ1v) is 10.6. The SMILES string of the molecule is CC(C)CN(CC(=O)N(Cc1ccc2c(c1)OCO2)Cc1ccco1)C(=O)C(C)(C)C. The number of ether oxygens (including phenoxy) is 2. The van der Waals surface area contributed by atoms with E-state index in [9.17, 15) is 9.59 Å². The maximum atomic E-state index is 13.4. The molecular formula is C24H32N2O5. The number of hydrogen-bond acceptors (Lipinski definition) is 5. The molecule has 7 heteroatoms. The van der Waals surface area contributed by atoms with E-state index in [1.165, 1.54) is 0 Å². The lowest BCUT2D eigenvalue weighted by Crippen LogP contribution is -2.47. The van der Waals surface area contributed by atoms with Crippen molar-refractivity contribution < 1.29 is 23.5 Å². The number of hydrogen-bond donors (Lipinski definition) is 0. The van der Waals surface area contributed by atoms with Gasteiger partial charge in [0, 0.05) is 18.5 Å². The van der Waals surface area contributed by atoms with Gasteiger partial charge >= 0.3 is 0 Å². The Balaban J connectivity index is 1.80. The van der Waals surface area contributed by atoms with E-state index in [-0.39, 0.29) is 31.1 Å². The van der Waals surface area contributed by atoms with E-state index in [4.69, 9.17) is 13.9 Å². The van der Waals surface area contributed by atoms with Crippen LogP contribution in [0.15, 0.2) is 41.0 Å². The van der Waals surface area contributed by atoms with Crippen molar-refractivity contribution in [3.63, 3.8) is 0 Å². The van der Waals surface area contributed by atoms with Gasteiger partial charge in [-0.3, -0.25) is 9.59 Å². The van der Waals surface area contributed by atoms with E-state index >= 15 is 0 Å². The molecule has 0 unspecified atom stereocenters. The Bertz CT molecular complexity index is 899. The van der Waals surface area contributed by atoms with Crippen molar-refractivity contribution in [1.82, 2.24) is 9.80 Å². The zero-order valence-corrected chi connectivity index (χ0v) is 19.0. The molecule has 0 atom stereocenters. The lowest BCUT2D eigenvalue weighted by molar-refractivity contribution is -0.146. The summed E-state index contributed by atoms with van der Waals surface area (Å²) >= 11 is 0. The van der Waals surface area contributed by atoms with Crippen LogP contribution < -0.4 is 9.47 Å². The Morgan fingerprint density at radius 3 is 2.42 bits per heavy atom. The third-order valence-corrected chi connectivity index (χ3v) is 4.93. The van der Waals surface area contributed by atoms with Crippen molar-refractivity contribution in [3.05, 3.63) is 47.9 Å². The van der Waals surface area contributed by atoms with Gasteiger partial charge in [-0.1, -0.05) is 40.7 Å². The van der Waals surface area contributed by atoms with E-state index in [0.717, 1.165) is 5.56 Å². The minimum Gasteiger partial charge on any atom is -0.467 e. The van der Waals surface area contributed by atoms with Crippen LogP contribution >= 0.6 is 0 Å². The molecule has 0 spiro atoms. The molecule has 1 aromatic heterocycles. The van der Waals surface area contributed by atoms with Crippen LogP contribution in [0.1, 0.15) is 45.9 Å². The number of carbonyl (C=O) groups excluding carboxylic acids is 2. The smallest absolute Gasteiger partial charge is 0.242 e. The highest BCUT2D eigenvalue weighted by Gasteiger charge is 2.30. The van der Waals surface area contributed by atoms with Gasteiger partial charge in [0.1, 0.15) is 5.76 Å². The highest BCUT2D eigenvalue weighted by Crippen LogP contribution is 2.33. The fourth-order valence-electron chi connectivity index (χ4n) is 3.48. The quantitative estimate of drug-likeness (QED) is 0.634. The molecule has 0 aliphatic carbocycles. The summed E-state index contributed by atoms with van der Waals surface area (Å²) in [7, 11) is 0. The number of amides is 2. The first kappa shape index (κ1) is 22.7. The molecule has 3 rings (SSSR count). The Labute approximate surface area is 183 Å². The lowest BCUT2D eigenvalue weighted by Gasteiger charge is -2.32. The second-order valence-electron chi connectivity index (χ2n) is 9.35. The Morgan fingerprint density at radius 1 is 1.03 bits per heavy atom. The molecule has 0 radical (unpaired) electrons. The van der Waals surface area contributed by atoms with Crippen LogP contribution in [0.3, 0.4) is 0 Å². The molecule has 7 nitrogen and oxygen atoms in total. The molecule has 31 heavy (non-hydrogen) atoms. The van der Waals surface area contributed by atoms with E-state index in [2.05, 4.69) is 0 Å². The van der Waals surface area contributed by atoms with E-state index in [1.807, 2.05) is 58.9 Å². The maximum absolute atomic E-state index is 13.4. The van der Waals surface area contributed by atoms with Gasteiger partial charge < -0.3 is 23.7 Å². The van der Waals surface area contributed by atoms with Crippen LogP contribution in [0.25, 0.3) is 0 Å². The van der Waals surface area contributed by atoms with E-state index in [1.54, 1.807) is 22.1 Å². The predicted octanol–water partition coefficient (Wildman–Crippen LogP) is 4.07. The van der Waals surface area contributed by atoms with E-state index < -0.39 is 5.41 Å². The summed E-state index contributed by atoms with van der Waals surface area (Å²) in [6, 6.07) is 9.29. The van der Waals surface area contributed by atoms with Gasteiger partial charge in [0.2, 0.25) is 18.6 Å². The van der Waals surface area contributed by atoms with Gasteiger partial charge in [-0.05, 0) is 35.7 Å². The Morgan fingerprint density at radius 2 is 1.77 bits per heavy atom. The molecule has 1 aliphatic rings. The van der Waals surface area contributed by atoms with Crippen LogP contribution in [-0.2, 0) is 22.7 Å². The molecule has 0 bridgehead atoms. The van der Waals surface area contributed by atoms with Crippen molar-refractivity contribution in [1.29, 1.82) is 0 Å². The second kappa shape index (κ2) is 9.45. The number of benzene rings is 1. The summed E-state index contributed by atoms with van der Waals surface area (Å²) < 4.78 is 16.3. The molecule has 1 aromatic carbocycles. The highest BCUT2D eigenvalue weighted by molar-refractivity contribution is 5.87. The summed E-state index contributed by atoms with van der Waals surface area (Å²) in [4.78, 5) is 29.7. The monoisotopic (exact) mass is 428 g/mol. The third kappa shape index (κ3) is 6.03.